The largest absolute Gasteiger partial charge is 0.497 e. The standard InChI is InChI=1S/C19H33N5O3S.HI/c1-3-21-19(22-11-14-28(20,25)26)23-15-18(24-12-5-4-6-13-24)16-7-9-17(27-2)10-8-16;/h7-10,18H,3-6,11-15H2,1-2H3,(H2,20,25,26)(H2,21,22,23);1H. The second-order valence-corrected chi connectivity index (χ2v) is 8.63. The maximum absolute atomic E-state index is 11.1. The molecule has 0 bridgehead atoms. The van der Waals surface area contributed by atoms with Gasteiger partial charge in [0.25, 0.3) is 0 Å². The maximum atomic E-state index is 11.1. The van der Waals surface area contributed by atoms with Crippen LogP contribution < -0.4 is 20.5 Å². The van der Waals surface area contributed by atoms with Gasteiger partial charge in [0.1, 0.15) is 5.75 Å². The van der Waals surface area contributed by atoms with Crippen LogP contribution in [-0.4, -0.2) is 64.9 Å². The molecule has 166 valence electrons. The van der Waals surface area contributed by atoms with Gasteiger partial charge in [0.2, 0.25) is 10.0 Å². The Hall–Kier alpha value is -1.11. The third kappa shape index (κ3) is 9.49. The quantitative estimate of drug-likeness (QED) is 0.251. The first kappa shape index (κ1) is 25.9. The normalized spacial score (nSPS) is 16.6. The van der Waals surface area contributed by atoms with Crippen molar-refractivity contribution < 1.29 is 13.2 Å². The Balaban J connectivity index is 0.00000420. The summed E-state index contributed by atoms with van der Waals surface area (Å²) in [6.45, 7) is 5.59. The summed E-state index contributed by atoms with van der Waals surface area (Å²) in [6.07, 6.45) is 3.67. The van der Waals surface area contributed by atoms with Gasteiger partial charge in [-0.25, -0.2) is 13.6 Å². The van der Waals surface area contributed by atoms with Crippen molar-refractivity contribution in [3.8, 4) is 5.75 Å². The monoisotopic (exact) mass is 539 g/mol. The number of ether oxygens (including phenoxy) is 1. The third-order valence-electron chi connectivity index (χ3n) is 4.78. The molecule has 29 heavy (non-hydrogen) atoms. The zero-order valence-electron chi connectivity index (χ0n) is 17.3. The Morgan fingerprint density at radius 2 is 1.86 bits per heavy atom. The average molecular weight is 539 g/mol. The highest BCUT2D eigenvalue weighted by molar-refractivity contribution is 14.0. The highest BCUT2D eigenvalue weighted by Crippen LogP contribution is 2.26. The van der Waals surface area contributed by atoms with Crippen LogP contribution in [-0.2, 0) is 10.0 Å². The van der Waals surface area contributed by atoms with Gasteiger partial charge in [0, 0.05) is 13.1 Å². The predicted octanol–water partition coefficient (Wildman–Crippen LogP) is 1.68. The average Bonchev–Trinajstić information content (AvgIpc) is 2.68. The highest BCUT2D eigenvalue weighted by atomic mass is 127. The van der Waals surface area contributed by atoms with Crippen molar-refractivity contribution in [2.45, 2.75) is 32.2 Å². The summed E-state index contributed by atoms with van der Waals surface area (Å²) in [5.74, 6) is 1.30. The van der Waals surface area contributed by atoms with E-state index in [2.05, 4.69) is 27.7 Å². The van der Waals surface area contributed by atoms with Crippen LogP contribution in [0, 0.1) is 0 Å². The maximum Gasteiger partial charge on any atom is 0.210 e. The van der Waals surface area contributed by atoms with Crippen LogP contribution in [0.1, 0.15) is 37.8 Å². The van der Waals surface area contributed by atoms with Crippen molar-refractivity contribution in [3.05, 3.63) is 29.8 Å². The molecule has 0 aliphatic carbocycles. The number of nitrogens with zero attached hydrogens (tertiary/aromatic N) is 2. The van der Waals surface area contributed by atoms with Crippen LogP contribution in [0.5, 0.6) is 5.75 Å². The van der Waals surface area contributed by atoms with Gasteiger partial charge in [-0.3, -0.25) is 9.89 Å². The zero-order chi connectivity index (χ0) is 20.4. The number of rotatable bonds is 9. The number of nitrogens with two attached hydrogens (primary N) is 1. The molecule has 1 aliphatic heterocycles. The van der Waals surface area contributed by atoms with Crippen LogP contribution in [0.2, 0.25) is 0 Å². The Labute approximate surface area is 191 Å². The smallest absolute Gasteiger partial charge is 0.210 e. The topological polar surface area (TPSA) is 109 Å². The summed E-state index contributed by atoms with van der Waals surface area (Å²) in [5, 5.41) is 11.3. The molecule has 0 saturated carbocycles. The second kappa shape index (κ2) is 13.2. The van der Waals surface area contributed by atoms with Crippen molar-refractivity contribution in [1.82, 2.24) is 15.5 Å². The number of methoxy groups -OCH3 is 1. The number of aliphatic imine (C=N–C) groups is 1. The molecule has 1 unspecified atom stereocenters. The zero-order valence-corrected chi connectivity index (χ0v) is 20.4. The Kier molecular flexibility index (Phi) is 11.8. The molecule has 2 rings (SSSR count). The molecule has 0 spiro atoms. The molecule has 1 fully saturated rings. The number of likely N-dealkylation sites (tertiary alicyclic amines) is 1. The van der Waals surface area contributed by atoms with Crippen molar-refractivity contribution in [3.63, 3.8) is 0 Å². The Bertz CT molecular complexity index is 722. The van der Waals surface area contributed by atoms with Crippen LogP contribution in [0.3, 0.4) is 0 Å². The summed E-state index contributed by atoms with van der Waals surface area (Å²) in [7, 11) is -1.83. The fraction of sp³-hybridized carbons (Fsp3) is 0.632. The van der Waals surface area contributed by atoms with Crippen LogP contribution >= 0.6 is 24.0 Å². The molecule has 10 heteroatoms. The number of piperidine rings is 1. The summed E-state index contributed by atoms with van der Waals surface area (Å²) < 4.78 is 27.6. The number of halogens is 1. The lowest BCUT2D eigenvalue weighted by Crippen LogP contribution is -2.41. The Morgan fingerprint density at radius 3 is 2.41 bits per heavy atom. The minimum absolute atomic E-state index is 0. The van der Waals surface area contributed by atoms with Gasteiger partial charge in [-0.05, 0) is 50.6 Å². The molecule has 1 atom stereocenters. The van der Waals surface area contributed by atoms with Gasteiger partial charge in [-0.1, -0.05) is 18.6 Å². The number of benzene rings is 1. The lowest BCUT2D eigenvalue weighted by atomic mass is 10.0. The lowest BCUT2D eigenvalue weighted by molar-refractivity contribution is 0.167. The molecule has 4 N–H and O–H groups in total. The van der Waals surface area contributed by atoms with E-state index in [1.807, 2.05) is 19.1 Å². The first-order valence-corrected chi connectivity index (χ1v) is 11.5. The van der Waals surface area contributed by atoms with Crippen LogP contribution in [0.15, 0.2) is 29.3 Å². The van der Waals surface area contributed by atoms with Crippen LogP contribution in [0.25, 0.3) is 0 Å². The molecule has 1 aliphatic rings. The lowest BCUT2D eigenvalue weighted by Gasteiger charge is -2.34. The van der Waals surface area contributed by atoms with Gasteiger partial charge < -0.3 is 15.4 Å². The molecule has 1 heterocycles. The number of nitrogens with one attached hydrogen (secondary N) is 2. The molecule has 0 aromatic heterocycles. The molecular weight excluding hydrogens is 505 g/mol. The van der Waals surface area contributed by atoms with Crippen molar-refractivity contribution in [2.75, 3.05) is 45.6 Å². The van der Waals surface area contributed by atoms with E-state index in [9.17, 15) is 8.42 Å². The SMILES string of the molecule is CCNC(=NCC(c1ccc(OC)cc1)N1CCCCC1)NCCS(N)(=O)=O.I. The van der Waals surface area contributed by atoms with Gasteiger partial charge >= 0.3 is 0 Å². The molecule has 8 nitrogen and oxygen atoms in total. The van der Waals surface area contributed by atoms with Crippen molar-refractivity contribution in [1.29, 1.82) is 0 Å². The third-order valence-corrected chi connectivity index (χ3v) is 5.55. The van der Waals surface area contributed by atoms with E-state index < -0.39 is 10.0 Å². The number of primary sulfonamides is 1. The van der Waals surface area contributed by atoms with Crippen molar-refractivity contribution >= 4 is 40.0 Å². The van der Waals surface area contributed by atoms with E-state index >= 15 is 0 Å². The Morgan fingerprint density at radius 1 is 1.21 bits per heavy atom. The van der Waals surface area contributed by atoms with E-state index in [-0.39, 0.29) is 42.3 Å². The number of sulfonamides is 1. The minimum Gasteiger partial charge on any atom is -0.497 e. The van der Waals surface area contributed by atoms with Gasteiger partial charge in [-0.15, -0.1) is 24.0 Å². The molecule has 1 aromatic carbocycles. The first-order valence-electron chi connectivity index (χ1n) is 9.83. The molecule has 1 saturated heterocycles. The second-order valence-electron chi connectivity index (χ2n) is 6.90. The van der Waals surface area contributed by atoms with Crippen molar-refractivity contribution in [2.24, 2.45) is 10.1 Å². The van der Waals surface area contributed by atoms with E-state index in [1.54, 1.807) is 7.11 Å². The van der Waals surface area contributed by atoms with E-state index in [0.29, 0.717) is 19.0 Å². The molecule has 0 amide bonds. The van der Waals surface area contributed by atoms with E-state index in [4.69, 9.17) is 14.9 Å². The van der Waals surface area contributed by atoms with E-state index in [0.717, 1.165) is 18.8 Å². The predicted molar refractivity (Wildman–Crippen MR) is 129 cm³/mol. The van der Waals surface area contributed by atoms with Gasteiger partial charge in [0.05, 0.1) is 25.4 Å². The van der Waals surface area contributed by atoms with E-state index in [1.165, 1.54) is 24.8 Å². The highest BCUT2D eigenvalue weighted by Gasteiger charge is 2.22. The molecular formula is C19H34IN5O3S. The number of guanidine groups is 1. The minimum atomic E-state index is -3.50. The van der Waals surface area contributed by atoms with Gasteiger partial charge in [-0.2, -0.15) is 0 Å². The summed E-state index contributed by atoms with van der Waals surface area (Å²) in [5.41, 5.74) is 1.20. The number of hydrogen-bond acceptors (Lipinski definition) is 5. The first-order chi connectivity index (χ1) is 13.4. The van der Waals surface area contributed by atoms with Crippen LogP contribution in [0.4, 0.5) is 0 Å². The molecule has 0 radical (unpaired) electrons. The summed E-state index contributed by atoms with van der Waals surface area (Å²) in [4.78, 5) is 7.19. The fourth-order valence-electron chi connectivity index (χ4n) is 3.32. The summed E-state index contributed by atoms with van der Waals surface area (Å²) in [6, 6.07) is 8.31. The fourth-order valence-corrected chi connectivity index (χ4v) is 3.71. The molecule has 1 aromatic rings. The van der Waals surface area contributed by atoms with Gasteiger partial charge in [0.15, 0.2) is 5.96 Å². The summed E-state index contributed by atoms with van der Waals surface area (Å²) >= 11 is 0. The number of hydrogen-bond donors (Lipinski definition) is 3.